The highest BCUT2D eigenvalue weighted by molar-refractivity contribution is 7.11. The molecule has 0 saturated heterocycles. The van der Waals surface area contributed by atoms with E-state index in [0.717, 1.165) is 35.8 Å². The van der Waals surface area contributed by atoms with Crippen molar-refractivity contribution in [3.63, 3.8) is 0 Å². The molecule has 2 aromatic rings. The van der Waals surface area contributed by atoms with Crippen LogP contribution in [0, 0.1) is 5.82 Å². The van der Waals surface area contributed by atoms with Crippen molar-refractivity contribution < 1.29 is 4.39 Å². The van der Waals surface area contributed by atoms with Gasteiger partial charge in [-0.3, -0.25) is 4.99 Å². The third-order valence-electron chi connectivity index (χ3n) is 4.47. The summed E-state index contributed by atoms with van der Waals surface area (Å²) in [5.74, 6) is 0.612. The minimum Gasteiger partial charge on any atom is -0.356 e. The minimum atomic E-state index is -0.116. The summed E-state index contributed by atoms with van der Waals surface area (Å²) in [5.41, 5.74) is 0.708. The first kappa shape index (κ1) is 16.9. The van der Waals surface area contributed by atoms with E-state index < -0.39 is 0 Å². The highest BCUT2D eigenvalue weighted by Crippen LogP contribution is 2.48. The van der Waals surface area contributed by atoms with E-state index in [9.17, 15) is 4.39 Å². The molecule has 1 aliphatic rings. The summed E-state index contributed by atoms with van der Waals surface area (Å²) in [7, 11) is 1.75. The Labute approximate surface area is 146 Å². The summed E-state index contributed by atoms with van der Waals surface area (Å²) < 4.78 is 14.1. The van der Waals surface area contributed by atoms with Crippen molar-refractivity contribution in [2.45, 2.75) is 38.1 Å². The van der Waals surface area contributed by atoms with E-state index in [-0.39, 0.29) is 11.2 Å². The van der Waals surface area contributed by atoms with Gasteiger partial charge in [0.15, 0.2) is 5.96 Å². The van der Waals surface area contributed by atoms with Crippen LogP contribution in [-0.4, -0.2) is 24.5 Å². The first-order chi connectivity index (χ1) is 11.7. The summed E-state index contributed by atoms with van der Waals surface area (Å²) in [6, 6.07) is 7.07. The first-order valence-corrected chi connectivity index (χ1v) is 9.11. The van der Waals surface area contributed by atoms with E-state index in [1.807, 2.05) is 18.3 Å². The Morgan fingerprint density at radius 1 is 1.33 bits per heavy atom. The molecule has 128 valence electrons. The van der Waals surface area contributed by atoms with E-state index in [4.69, 9.17) is 0 Å². The molecular weight excluding hydrogens is 323 g/mol. The van der Waals surface area contributed by atoms with Gasteiger partial charge in [0.1, 0.15) is 10.8 Å². The normalized spacial score (nSPS) is 16.0. The molecule has 24 heavy (non-hydrogen) atoms. The summed E-state index contributed by atoms with van der Waals surface area (Å²) in [6.45, 7) is 3.46. The largest absolute Gasteiger partial charge is 0.356 e. The lowest BCUT2D eigenvalue weighted by atomic mass is 9.95. The second kappa shape index (κ2) is 7.30. The summed E-state index contributed by atoms with van der Waals surface area (Å²) in [4.78, 5) is 9.94. The van der Waals surface area contributed by atoms with Crippen LogP contribution in [0.1, 0.15) is 35.2 Å². The molecule has 0 aliphatic heterocycles. The molecule has 1 fully saturated rings. The molecule has 0 unspecified atom stereocenters. The average Bonchev–Trinajstić information content (AvgIpc) is 3.24. The predicted octanol–water partition coefficient (Wildman–Crippen LogP) is 3.24. The van der Waals surface area contributed by atoms with Crippen molar-refractivity contribution in [2.75, 3.05) is 13.6 Å². The minimum absolute atomic E-state index is 0.0977. The fourth-order valence-corrected chi connectivity index (χ4v) is 3.61. The number of benzene rings is 1. The van der Waals surface area contributed by atoms with Crippen LogP contribution in [0.15, 0.2) is 35.5 Å². The number of guanidine groups is 1. The number of aryl methyl sites for hydroxylation is 1. The third-order valence-corrected chi connectivity index (χ3v) is 5.62. The van der Waals surface area contributed by atoms with Crippen LogP contribution in [-0.2, 0) is 18.4 Å². The monoisotopic (exact) mass is 346 g/mol. The Balaban J connectivity index is 1.56. The summed E-state index contributed by atoms with van der Waals surface area (Å²) in [6.07, 6.45) is 4.94. The molecule has 2 N–H and O–H groups in total. The fourth-order valence-electron chi connectivity index (χ4n) is 2.81. The van der Waals surface area contributed by atoms with Crippen LogP contribution in [0.3, 0.4) is 0 Å². The molecule has 0 amide bonds. The maximum atomic E-state index is 14.1. The van der Waals surface area contributed by atoms with E-state index in [1.54, 1.807) is 24.5 Å². The van der Waals surface area contributed by atoms with Gasteiger partial charge in [0.2, 0.25) is 0 Å². The highest BCUT2D eigenvalue weighted by atomic mass is 32.1. The Bertz CT molecular complexity index is 721. The molecule has 1 aliphatic carbocycles. The maximum absolute atomic E-state index is 14.1. The lowest BCUT2D eigenvalue weighted by Gasteiger charge is -2.19. The molecule has 4 nitrogen and oxygen atoms in total. The molecule has 0 bridgehead atoms. The van der Waals surface area contributed by atoms with Gasteiger partial charge in [0.25, 0.3) is 0 Å². The molecule has 0 atom stereocenters. The second-order valence-electron chi connectivity index (χ2n) is 6.11. The van der Waals surface area contributed by atoms with Crippen LogP contribution in [0.25, 0.3) is 0 Å². The Morgan fingerprint density at radius 2 is 2.12 bits per heavy atom. The van der Waals surface area contributed by atoms with Crippen LogP contribution < -0.4 is 10.6 Å². The van der Waals surface area contributed by atoms with Crippen LogP contribution >= 0.6 is 11.3 Å². The SMILES string of the molecule is CCc1cnc(CNC(=NC)NCC2(c3ccccc3F)CC2)s1. The third kappa shape index (κ3) is 3.75. The molecule has 1 aromatic carbocycles. The maximum Gasteiger partial charge on any atom is 0.191 e. The number of aliphatic imine (C=N–C) groups is 1. The van der Waals surface area contributed by atoms with Crippen LogP contribution in [0.4, 0.5) is 4.39 Å². The van der Waals surface area contributed by atoms with Gasteiger partial charge in [0.05, 0.1) is 6.54 Å². The van der Waals surface area contributed by atoms with Crippen LogP contribution in [0.5, 0.6) is 0 Å². The quantitative estimate of drug-likeness (QED) is 0.624. The zero-order chi connectivity index (χ0) is 17.0. The Kier molecular flexibility index (Phi) is 5.14. The van der Waals surface area contributed by atoms with Gasteiger partial charge in [-0.05, 0) is 30.9 Å². The van der Waals surface area contributed by atoms with Gasteiger partial charge >= 0.3 is 0 Å². The highest BCUT2D eigenvalue weighted by Gasteiger charge is 2.45. The second-order valence-corrected chi connectivity index (χ2v) is 7.31. The van der Waals surface area contributed by atoms with Crippen molar-refractivity contribution in [2.24, 2.45) is 4.99 Å². The molecule has 0 radical (unpaired) electrons. The number of nitrogens with zero attached hydrogens (tertiary/aromatic N) is 2. The molecule has 6 heteroatoms. The molecule has 1 saturated carbocycles. The van der Waals surface area contributed by atoms with E-state index in [2.05, 4.69) is 27.5 Å². The van der Waals surface area contributed by atoms with Crippen LogP contribution in [0.2, 0.25) is 0 Å². The number of aromatic nitrogens is 1. The van der Waals surface area contributed by atoms with Gasteiger partial charge in [-0.2, -0.15) is 0 Å². The van der Waals surface area contributed by atoms with E-state index in [0.29, 0.717) is 13.1 Å². The smallest absolute Gasteiger partial charge is 0.191 e. The van der Waals surface area contributed by atoms with E-state index in [1.165, 1.54) is 10.9 Å². The van der Waals surface area contributed by atoms with Crippen molar-refractivity contribution in [1.29, 1.82) is 0 Å². The lowest BCUT2D eigenvalue weighted by molar-refractivity contribution is 0.559. The zero-order valence-electron chi connectivity index (χ0n) is 14.1. The fraction of sp³-hybridized carbons (Fsp3) is 0.444. The number of halogens is 1. The first-order valence-electron chi connectivity index (χ1n) is 8.30. The Hall–Kier alpha value is -1.95. The topological polar surface area (TPSA) is 49.3 Å². The Morgan fingerprint density at radius 3 is 2.75 bits per heavy atom. The molecule has 1 heterocycles. The predicted molar refractivity (Wildman–Crippen MR) is 97.0 cm³/mol. The number of hydrogen-bond donors (Lipinski definition) is 2. The van der Waals surface area contributed by atoms with Crippen molar-refractivity contribution in [1.82, 2.24) is 15.6 Å². The molecule has 1 aromatic heterocycles. The summed E-state index contributed by atoms with van der Waals surface area (Å²) in [5, 5.41) is 7.67. The van der Waals surface area contributed by atoms with Gasteiger partial charge in [0, 0.05) is 30.1 Å². The van der Waals surface area contributed by atoms with Gasteiger partial charge in [-0.15, -0.1) is 11.3 Å². The number of thiazole rings is 1. The van der Waals surface area contributed by atoms with Crippen molar-refractivity contribution in [3.8, 4) is 0 Å². The average molecular weight is 346 g/mol. The number of nitrogens with one attached hydrogen (secondary N) is 2. The van der Waals surface area contributed by atoms with E-state index >= 15 is 0 Å². The van der Waals surface area contributed by atoms with Gasteiger partial charge in [-0.1, -0.05) is 25.1 Å². The van der Waals surface area contributed by atoms with Crippen molar-refractivity contribution in [3.05, 3.63) is 51.7 Å². The molecular formula is C18H23FN4S. The molecule has 3 rings (SSSR count). The number of hydrogen-bond acceptors (Lipinski definition) is 3. The van der Waals surface area contributed by atoms with Gasteiger partial charge in [-0.25, -0.2) is 9.37 Å². The standard InChI is InChI=1S/C18H23FN4S/c1-3-13-10-21-16(24-13)11-22-17(20-2)23-12-18(8-9-18)14-6-4-5-7-15(14)19/h4-7,10H,3,8-9,11-12H2,1-2H3,(H2,20,22,23). The molecule has 0 spiro atoms. The zero-order valence-corrected chi connectivity index (χ0v) is 14.9. The number of rotatable bonds is 6. The van der Waals surface area contributed by atoms with Gasteiger partial charge < -0.3 is 10.6 Å². The lowest BCUT2D eigenvalue weighted by Crippen LogP contribution is -2.41. The van der Waals surface area contributed by atoms with Crippen molar-refractivity contribution >= 4 is 17.3 Å². The summed E-state index contributed by atoms with van der Waals surface area (Å²) >= 11 is 1.71.